The number of aromatic nitrogens is 4. The zero-order valence-corrected chi connectivity index (χ0v) is 19.3. The predicted molar refractivity (Wildman–Crippen MR) is 121 cm³/mol. The highest BCUT2D eigenvalue weighted by molar-refractivity contribution is 7.90. The van der Waals surface area contributed by atoms with Gasteiger partial charge in [-0.2, -0.15) is 4.68 Å². The number of piperazine rings is 1. The molecule has 0 amide bonds. The van der Waals surface area contributed by atoms with Gasteiger partial charge >= 0.3 is 0 Å². The van der Waals surface area contributed by atoms with E-state index in [-0.39, 0.29) is 4.90 Å². The summed E-state index contributed by atoms with van der Waals surface area (Å²) in [6, 6.07) is 14.1. The van der Waals surface area contributed by atoms with Gasteiger partial charge < -0.3 is 4.74 Å². The molecule has 0 bridgehead atoms. The van der Waals surface area contributed by atoms with Crippen LogP contribution in [-0.2, 0) is 16.4 Å². The quantitative estimate of drug-likeness (QED) is 0.486. The molecule has 0 N–H and O–H groups in total. The number of hydrogen-bond donors (Lipinski definition) is 0. The van der Waals surface area contributed by atoms with E-state index < -0.39 is 9.84 Å². The topological polar surface area (TPSA) is 93.4 Å². The first kappa shape index (κ1) is 22.7. The number of sulfone groups is 1. The normalized spacial score (nSPS) is 15.7. The zero-order chi connectivity index (χ0) is 22.6. The first-order valence-corrected chi connectivity index (χ1v) is 12.6. The third-order valence-electron chi connectivity index (χ3n) is 5.38. The maximum atomic E-state index is 11.7. The van der Waals surface area contributed by atoms with Crippen molar-refractivity contribution in [2.24, 2.45) is 0 Å². The van der Waals surface area contributed by atoms with Gasteiger partial charge in [0, 0.05) is 39.0 Å². The lowest BCUT2D eigenvalue weighted by atomic mass is 10.3. The van der Waals surface area contributed by atoms with Gasteiger partial charge in [0.2, 0.25) is 0 Å². The van der Waals surface area contributed by atoms with E-state index in [1.807, 2.05) is 24.3 Å². The number of tetrazole rings is 1. The van der Waals surface area contributed by atoms with Crippen molar-refractivity contribution in [3.8, 4) is 11.4 Å². The summed E-state index contributed by atoms with van der Waals surface area (Å²) in [4.78, 5) is 4.93. The molecule has 0 radical (unpaired) electrons. The Morgan fingerprint density at radius 3 is 2.38 bits per heavy atom. The van der Waals surface area contributed by atoms with Crippen molar-refractivity contribution < 1.29 is 13.2 Å². The van der Waals surface area contributed by atoms with Gasteiger partial charge in [0.15, 0.2) is 15.7 Å². The Labute approximate surface area is 192 Å². The fraction of sp³-hybridized carbons (Fsp3) is 0.381. The maximum Gasteiger partial charge on any atom is 0.175 e. The lowest BCUT2D eigenvalue weighted by molar-refractivity contribution is 0.110. The molecule has 1 aliphatic heterocycles. The van der Waals surface area contributed by atoms with Crippen LogP contribution in [0.5, 0.6) is 5.75 Å². The third kappa shape index (κ3) is 5.63. The maximum absolute atomic E-state index is 11.7. The predicted octanol–water partition coefficient (Wildman–Crippen LogP) is 1.92. The second kappa shape index (κ2) is 9.95. The van der Waals surface area contributed by atoms with Crippen molar-refractivity contribution in [2.75, 3.05) is 45.6 Å². The van der Waals surface area contributed by atoms with Gasteiger partial charge in [0.05, 0.1) is 22.2 Å². The van der Waals surface area contributed by atoms with Crippen molar-refractivity contribution >= 4 is 21.4 Å². The molecule has 2 heterocycles. The molecule has 170 valence electrons. The molecule has 1 saturated heterocycles. The Bertz CT molecular complexity index is 1140. The summed E-state index contributed by atoms with van der Waals surface area (Å²) in [6.07, 6.45) is 1.19. The molecule has 0 saturated carbocycles. The average molecular weight is 477 g/mol. The fourth-order valence-electron chi connectivity index (χ4n) is 3.56. The van der Waals surface area contributed by atoms with Crippen molar-refractivity contribution in [1.82, 2.24) is 30.0 Å². The molecule has 11 heteroatoms. The molecule has 4 rings (SSSR count). The average Bonchev–Trinajstić information content (AvgIpc) is 3.24. The van der Waals surface area contributed by atoms with Gasteiger partial charge in [-0.15, -0.1) is 5.10 Å². The number of benzene rings is 2. The standard InChI is InChI=1S/C21H25ClN6O3S/c1-32(29,30)18-8-6-17(7-9-18)28-21(23-24-25-28)16-27-12-10-26(11-13-27)14-15-31-20-5-3-2-4-19(20)22/h2-9H,10-16H2,1H3. The zero-order valence-electron chi connectivity index (χ0n) is 17.8. The van der Waals surface area contributed by atoms with E-state index in [1.54, 1.807) is 28.9 Å². The largest absolute Gasteiger partial charge is 0.491 e. The Kier molecular flexibility index (Phi) is 7.04. The van der Waals surface area contributed by atoms with E-state index in [2.05, 4.69) is 25.3 Å². The summed E-state index contributed by atoms with van der Waals surface area (Å²) in [5.41, 5.74) is 0.729. The minimum atomic E-state index is -3.24. The van der Waals surface area contributed by atoms with Crippen LogP contribution >= 0.6 is 11.6 Å². The van der Waals surface area contributed by atoms with E-state index >= 15 is 0 Å². The number of rotatable bonds is 8. The Hall–Kier alpha value is -2.53. The number of nitrogens with zero attached hydrogens (tertiary/aromatic N) is 6. The lowest BCUT2D eigenvalue weighted by Gasteiger charge is -2.34. The minimum Gasteiger partial charge on any atom is -0.491 e. The highest BCUT2D eigenvalue weighted by Gasteiger charge is 2.20. The van der Waals surface area contributed by atoms with Gasteiger partial charge in [-0.1, -0.05) is 23.7 Å². The summed E-state index contributed by atoms with van der Waals surface area (Å²) in [7, 11) is -3.24. The Morgan fingerprint density at radius 2 is 1.69 bits per heavy atom. The van der Waals surface area contributed by atoms with Crippen molar-refractivity contribution in [3.05, 3.63) is 59.4 Å². The summed E-state index contributed by atoms with van der Waals surface area (Å²) >= 11 is 6.13. The fourth-order valence-corrected chi connectivity index (χ4v) is 4.38. The minimum absolute atomic E-state index is 0.269. The molecule has 0 spiro atoms. The van der Waals surface area contributed by atoms with Crippen LogP contribution in [0.25, 0.3) is 5.69 Å². The molecule has 3 aromatic rings. The number of halogens is 1. The molecule has 0 unspecified atom stereocenters. The highest BCUT2D eigenvalue weighted by atomic mass is 35.5. The smallest absolute Gasteiger partial charge is 0.175 e. The van der Waals surface area contributed by atoms with E-state index in [0.717, 1.165) is 38.4 Å². The van der Waals surface area contributed by atoms with Crippen LogP contribution in [0.1, 0.15) is 5.82 Å². The molecular weight excluding hydrogens is 452 g/mol. The molecule has 32 heavy (non-hydrogen) atoms. The summed E-state index contributed by atoms with van der Waals surface area (Å²) in [5.74, 6) is 1.43. The summed E-state index contributed by atoms with van der Waals surface area (Å²) < 4.78 is 30.8. The van der Waals surface area contributed by atoms with Crippen molar-refractivity contribution in [1.29, 1.82) is 0 Å². The molecule has 9 nitrogen and oxygen atoms in total. The second-order valence-corrected chi connectivity index (χ2v) is 10.1. The van der Waals surface area contributed by atoms with Crippen molar-refractivity contribution in [2.45, 2.75) is 11.4 Å². The van der Waals surface area contributed by atoms with E-state index in [1.165, 1.54) is 6.26 Å². The summed E-state index contributed by atoms with van der Waals surface area (Å²) in [5, 5.41) is 12.7. The molecule has 0 aliphatic carbocycles. The van der Waals surface area contributed by atoms with Gasteiger partial charge in [-0.25, -0.2) is 8.42 Å². The lowest BCUT2D eigenvalue weighted by Crippen LogP contribution is -2.47. The Morgan fingerprint density at radius 1 is 1.00 bits per heavy atom. The van der Waals surface area contributed by atoms with Crippen LogP contribution in [0, 0.1) is 0 Å². The first-order chi connectivity index (χ1) is 15.4. The number of ether oxygens (including phenoxy) is 1. The second-order valence-electron chi connectivity index (χ2n) is 7.67. The SMILES string of the molecule is CS(=O)(=O)c1ccc(-n2nnnc2CN2CCN(CCOc3ccccc3Cl)CC2)cc1. The highest BCUT2D eigenvalue weighted by Crippen LogP contribution is 2.23. The number of hydrogen-bond acceptors (Lipinski definition) is 8. The van der Waals surface area contributed by atoms with Crippen LogP contribution in [0.15, 0.2) is 53.4 Å². The van der Waals surface area contributed by atoms with Crippen molar-refractivity contribution in [3.63, 3.8) is 0 Å². The molecule has 1 aliphatic rings. The van der Waals surface area contributed by atoms with Crippen LogP contribution in [0.2, 0.25) is 5.02 Å². The van der Waals surface area contributed by atoms with E-state index in [9.17, 15) is 8.42 Å². The first-order valence-electron chi connectivity index (χ1n) is 10.3. The molecule has 1 fully saturated rings. The molecule has 1 aromatic heterocycles. The van der Waals surface area contributed by atoms with E-state index in [0.29, 0.717) is 29.7 Å². The monoisotopic (exact) mass is 476 g/mol. The van der Waals surface area contributed by atoms with Gasteiger partial charge in [0.1, 0.15) is 12.4 Å². The third-order valence-corrected chi connectivity index (χ3v) is 6.82. The van der Waals surface area contributed by atoms with E-state index in [4.69, 9.17) is 16.3 Å². The van der Waals surface area contributed by atoms with Gasteiger partial charge in [-0.3, -0.25) is 9.80 Å². The summed E-state index contributed by atoms with van der Waals surface area (Å²) in [6.45, 7) is 5.69. The molecule has 0 atom stereocenters. The Balaban J connectivity index is 1.28. The van der Waals surface area contributed by atoms with Crippen LogP contribution < -0.4 is 4.74 Å². The number of para-hydroxylation sites is 1. The molecular formula is C21H25ClN6O3S. The van der Waals surface area contributed by atoms with Gasteiger partial charge in [0.25, 0.3) is 0 Å². The van der Waals surface area contributed by atoms with Crippen LogP contribution in [0.4, 0.5) is 0 Å². The van der Waals surface area contributed by atoms with Crippen LogP contribution in [-0.4, -0.2) is 84.0 Å². The van der Waals surface area contributed by atoms with Gasteiger partial charge in [-0.05, 0) is 46.8 Å². The van der Waals surface area contributed by atoms with Crippen LogP contribution in [0.3, 0.4) is 0 Å². The molecule has 2 aromatic carbocycles.